The van der Waals surface area contributed by atoms with E-state index in [4.69, 9.17) is 9.73 Å². The number of carboxylic acid groups (broad SMARTS) is 1. The number of rotatable bonds is 9. The Morgan fingerprint density at radius 2 is 1.62 bits per heavy atom. The number of hydrogen-bond acceptors (Lipinski definition) is 5. The molecule has 5 atom stereocenters. The van der Waals surface area contributed by atoms with Crippen LogP contribution in [0.25, 0.3) is 0 Å². The number of aliphatic carboxylic acids is 1. The van der Waals surface area contributed by atoms with E-state index in [0.717, 1.165) is 58.3 Å². The number of likely N-dealkylation sites (tertiary alicyclic amines) is 2. The molecule has 2 saturated heterocycles. The lowest BCUT2D eigenvalue weighted by Gasteiger charge is -2.41. The van der Waals surface area contributed by atoms with Gasteiger partial charge in [-0.05, 0) is 75.1 Å². The van der Waals surface area contributed by atoms with Gasteiger partial charge in [-0.15, -0.1) is 0 Å². The first-order valence-electron chi connectivity index (χ1n) is 16.5. The first kappa shape index (κ1) is 29.5. The van der Waals surface area contributed by atoms with Gasteiger partial charge in [-0.3, -0.25) is 14.7 Å². The smallest absolute Gasteiger partial charge is 0.321 e. The van der Waals surface area contributed by atoms with E-state index in [9.17, 15) is 9.90 Å². The number of aliphatic imine (C=N–C) groups is 1. The van der Waals surface area contributed by atoms with E-state index < -0.39 is 5.97 Å². The van der Waals surface area contributed by atoms with Crippen molar-refractivity contribution in [3.05, 3.63) is 71.8 Å². The summed E-state index contributed by atoms with van der Waals surface area (Å²) in [4.78, 5) is 22.9. The number of carbonyl (C=O) groups is 1. The molecule has 2 aromatic rings. The Hall–Kier alpha value is -2.54. The molecule has 1 saturated carbocycles. The predicted octanol–water partition coefficient (Wildman–Crippen LogP) is 5.92. The van der Waals surface area contributed by atoms with Crippen molar-refractivity contribution in [2.75, 3.05) is 39.4 Å². The van der Waals surface area contributed by atoms with Gasteiger partial charge in [0.15, 0.2) is 0 Å². The maximum Gasteiger partial charge on any atom is 0.321 e. The first-order valence-corrected chi connectivity index (χ1v) is 16.5. The summed E-state index contributed by atoms with van der Waals surface area (Å²) in [5, 5.41) is 10.4. The van der Waals surface area contributed by atoms with E-state index in [2.05, 4.69) is 77.4 Å². The van der Waals surface area contributed by atoms with Crippen LogP contribution in [0, 0.1) is 17.8 Å². The van der Waals surface area contributed by atoms with Gasteiger partial charge in [-0.1, -0.05) is 79.9 Å². The van der Waals surface area contributed by atoms with E-state index in [-0.39, 0.29) is 18.0 Å². The van der Waals surface area contributed by atoms with Gasteiger partial charge >= 0.3 is 5.97 Å². The maximum absolute atomic E-state index is 12.6. The van der Waals surface area contributed by atoms with Crippen molar-refractivity contribution in [2.24, 2.45) is 22.7 Å². The third kappa shape index (κ3) is 6.82. The van der Waals surface area contributed by atoms with Crippen molar-refractivity contribution >= 4 is 11.7 Å². The van der Waals surface area contributed by atoms with Crippen molar-refractivity contribution in [3.63, 3.8) is 0 Å². The largest absolute Gasteiger partial charge is 0.480 e. The van der Waals surface area contributed by atoms with Crippen molar-refractivity contribution < 1.29 is 14.6 Å². The van der Waals surface area contributed by atoms with E-state index >= 15 is 0 Å². The van der Waals surface area contributed by atoms with Gasteiger partial charge in [-0.2, -0.15) is 0 Å². The van der Waals surface area contributed by atoms with E-state index in [1.165, 1.54) is 36.1 Å². The molecule has 1 aliphatic carbocycles. The SMILES string of the molecule is C[C@@H]([C@H]1CN([C@@H](C(=O)O)C2CCCCC2)CC1c1ccccc1)N1CCC(C2=N[C@@H](Cc3ccccc3)COC2)CC1. The first-order chi connectivity index (χ1) is 20.6. The molecule has 3 fully saturated rings. The quantitative estimate of drug-likeness (QED) is 0.405. The molecule has 0 spiro atoms. The summed E-state index contributed by atoms with van der Waals surface area (Å²) in [7, 11) is 0. The topological polar surface area (TPSA) is 65.4 Å². The maximum atomic E-state index is 12.6. The number of ether oxygens (including phenoxy) is 1. The monoisotopic (exact) mass is 571 g/mol. The fourth-order valence-electron chi connectivity index (χ4n) is 8.47. The van der Waals surface area contributed by atoms with Gasteiger partial charge in [-0.25, -0.2) is 0 Å². The number of nitrogens with zero attached hydrogens (tertiary/aromatic N) is 3. The molecule has 0 aromatic heterocycles. The molecule has 4 aliphatic rings. The molecule has 2 aromatic carbocycles. The Labute approximate surface area is 252 Å². The summed E-state index contributed by atoms with van der Waals surface area (Å²) in [6.45, 7) is 7.64. The Morgan fingerprint density at radius 3 is 2.31 bits per heavy atom. The van der Waals surface area contributed by atoms with Crippen molar-refractivity contribution in [3.8, 4) is 0 Å². The van der Waals surface area contributed by atoms with E-state index in [1.807, 2.05) is 0 Å². The normalized spacial score (nSPS) is 28.3. The molecule has 3 aliphatic heterocycles. The fourth-order valence-corrected chi connectivity index (χ4v) is 8.47. The minimum Gasteiger partial charge on any atom is -0.480 e. The number of benzene rings is 2. The van der Waals surface area contributed by atoms with Crippen molar-refractivity contribution in [2.45, 2.75) is 82.3 Å². The Morgan fingerprint density at radius 1 is 0.929 bits per heavy atom. The molecule has 42 heavy (non-hydrogen) atoms. The second-order valence-corrected chi connectivity index (χ2v) is 13.3. The van der Waals surface area contributed by atoms with Crippen LogP contribution in [0.3, 0.4) is 0 Å². The predicted molar refractivity (Wildman–Crippen MR) is 168 cm³/mol. The zero-order valence-electron chi connectivity index (χ0n) is 25.3. The minimum atomic E-state index is -0.621. The van der Waals surface area contributed by atoms with Crippen LogP contribution in [-0.4, -0.2) is 84.1 Å². The van der Waals surface area contributed by atoms with Gasteiger partial charge in [0.25, 0.3) is 0 Å². The molecule has 0 amide bonds. The summed E-state index contributed by atoms with van der Waals surface area (Å²) < 4.78 is 6.04. The highest BCUT2D eigenvalue weighted by molar-refractivity contribution is 5.88. The Kier molecular flexibility index (Phi) is 9.73. The third-order valence-electron chi connectivity index (χ3n) is 10.8. The zero-order valence-corrected chi connectivity index (χ0v) is 25.3. The molecule has 0 bridgehead atoms. The summed E-state index contributed by atoms with van der Waals surface area (Å²) in [5.41, 5.74) is 3.95. The summed E-state index contributed by atoms with van der Waals surface area (Å²) in [6.07, 6.45) is 8.88. The molecule has 0 radical (unpaired) electrons. The fraction of sp³-hybridized carbons (Fsp3) is 0.611. The van der Waals surface area contributed by atoms with Crippen LogP contribution in [0.2, 0.25) is 0 Å². The molecule has 6 heteroatoms. The second kappa shape index (κ2) is 13.8. The molecule has 1 unspecified atom stereocenters. The number of piperidine rings is 1. The van der Waals surface area contributed by atoms with Crippen LogP contribution in [0.1, 0.15) is 68.9 Å². The molecule has 3 heterocycles. The highest BCUT2D eigenvalue weighted by atomic mass is 16.5. The van der Waals surface area contributed by atoms with Crippen molar-refractivity contribution in [1.82, 2.24) is 9.80 Å². The molecular weight excluding hydrogens is 522 g/mol. The lowest BCUT2D eigenvalue weighted by Crippen LogP contribution is -2.48. The molecule has 226 valence electrons. The molecule has 6 rings (SSSR count). The van der Waals surface area contributed by atoms with Gasteiger partial charge in [0, 0.05) is 36.7 Å². The molecule has 6 nitrogen and oxygen atoms in total. The number of hydrogen-bond donors (Lipinski definition) is 1. The Bertz CT molecular complexity index is 1170. The van der Waals surface area contributed by atoms with E-state index in [1.54, 1.807) is 0 Å². The zero-order chi connectivity index (χ0) is 28.9. The van der Waals surface area contributed by atoms with Gasteiger partial charge in [0.1, 0.15) is 6.04 Å². The minimum absolute atomic E-state index is 0.218. The summed E-state index contributed by atoms with van der Waals surface area (Å²) in [6, 6.07) is 21.8. The average Bonchev–Trinajstić information content (AvgIpc) is 3.47. The van der Waals surface area contributed by atoms with Crippen LogP contribution in [0.4, 0.5) is 0 Å². The van der Waals surface area contributed by atoms with Crippen molar-refractivity contribution in [1.29, 1.82) is 0 Å². The summed E-state index contributed by atoms with van der Waals surface area (Å²) in [5.74, 6) is 0.935. The lowest BCUT2D eigenvalue weighted by atomic mass is 9.82. The van der Waals surface area contributed by atoms with Gasteiger partial charge in [0.2, 0.25) is 0 Å². The van der Waals surface area contributed by atoms with Crippen LogP contribution in [-0.2, 0) is 16.0 Å². The van der Waals surface area contributed by atoms with E-state index in [0.29, 0.717) is 37.0 Å². The van der Waals surface area contributed by atoms with Crippen LogP contribution in [0.15, 0.2) is 65.7 Å². The highest BCUT2D eigenvalue weighted by Crippen LogP contribution is 2.41. The second-order valence-electron chi connectivity index (χ2n) is 13.3. The average molecular weight is 572 g/mol. The molecular formula is C36H49N3O3. The van der Waals surface area contributed by atoms with Crippen LogP contribution >= 0.6 is 0 Å². The van der Waals surface area contributed by atoms with Gasteiger partial charge < -0.3 is 14.7 Å². The number of carboxylic acids is 1. The Balaban J connectivity index is 1.12. The van der Waals surface area contributed by atoms with Crippen LogP contribution < -0.4 is 0 Å². The van der Waals surface area contributed by atoms with Crippen LogP contribution in [0.5, 0.6) is 0 Å². The van der Waals surface area contributed by atoms with Gasteiger partial charge in [0.05, 0.1) is 19.3 Å². The third-order valence-corrected chi connectivity index (χ3v) is 10.8. The highest BCUT2D eigenvalue weighted by Gasteiger charge is 2.45. The lowest BCUT2D eigenvalue weighted by molar-refractivity contribution is -0.145. The molecule has 1 N–H and O–H groups in total. The standard InChI is InChI=1S/C36H49N3O3/c1-26(38-19-17-29(18-20-38)34-25-42-24-31(37-34)21-27-11-5-2-6-12-27)32-22-39(23-33(32)28-13-7-3-8-14-28)35(36(40)41)30-15-9-4-10-16-30/h2-3,5-8,11-14,26,29-33,35H,4,9-10,15-25H2,1H3,(H,40,41)/t26-,31-,32+,33?,35+/m0/s1. The summed E-state index contributed by atoms with van der Waals surface area (Å²) >= 11 is 0.